The molecule has 0 radical (unpaired) electrons. The molecular weight excluding hydrogens is 452 g/mol. The summed E-state index contributed by atoms with van der Waals surface area (Å²) in [5.74, 6) is 1.51. The van der Waals surface area contributed by atoms with Gasteiger partial charge in [-0.05, 0) is 112 Å². The van der Waals surface area contributed by atoms with Crippen LogP contribution >= 0.6 is 0 Å². The number of esters is 1. The Morgan fingerprint density at radius 2 is 1.83 bits per heavy atom. The van der Waals surface area contributed by atoms with Crippen LogP contribution in [0.4, 0.5) is 0 Å². The van der Waals surface area contributed by atoms with Crippen molar-refractivity contribution >= 4 is 14.3 Å². The van der Waals surface area contributed by atoms with Crippen LogP contribution in [-0.4, -0.2) is 37.7 Å². The van der Waals surface area contributed by atoms with Gasteiger partial charge < -0.3 is 14.3 Å². The molecule has 0 aliphatic heterocycles. The Bertz CT molecular complexity index is 776. The normalized spacial score (nSPS) is 35.8. The molecule has 0 spiro atoms. The smallest absolute Gasteiger partial charge is 0.330 e. The fourth-order valence-electron chi connectivity index (χ4n) is 7.47. The number of hydrogen-bond donors (Lipinski definition) is 1. The van der Waals surface area contributed by atoms with Crippen molar-refractivity contribution in [2.24, 2.45) is 28.6 Å². The number of ether oxygens (including phenoxy) is 1. The lowest BCUT2D eigenvalue weighted by Crippen LogP contribution is -2.50. The van der Waals surface area contributed by atoms with Crippen LogP contribution in [-0.2, 0) is 14.0 Å². The molecule has 1 N–H and O–H groups in total. The minimum Gasteiger partial charge on any atom is -0.463 e. The lowest BCUT2D eigenvalue weighted by Gasteiger charge is -2.50. The molecule has 0 aromatic carbocycles. The molecule has 0 saturated heterocycles. The van der Waals surface area contributed by atoms with Crippen molar-refractivity contribution in [2.45, 2.75) is 136 Å². The summed E-state index contributed by atoms with van der Waals surface area (Å²) in [5, 5.41) is 10.6. The largest absolute Gasteiger partial charge is 0.463 e. The van der Waals surface area contributed by atoms with Gasteiger partial charge >= 0.3 is 5.97 Å². The highest BCUT2D eigenvalue weighted by Crippen LogP contribution is 2.72. The maximum Gasteiger partial charge on any atom is 0.330 e. The first-order valence-corrected chi connectivity index (χ1v) is 17.2. The van der Waals surface area contributed by atoms with Gasteiger partial charge in [0.25, 0.3) is 0 Å². The Balaban J connectivity index is 1.82. The molecule has 35 heavy (non-hydrogen) atoms. The zero-order valence-electron chi connectivity index (χ0n) is 24.2. The first kappa shape index (κ1) is 28.9. The lowest BCUT2D eigenvalue weighted by atomic mass is 9.59. The van der Waals surface area contributed by atoms with Crippen molar-refractivity contribution in [3.05, 3.63) is 12.2 Å². The molecule has 3 aliphatic carbocycles. The Morgan fingerprint density at radius 3 is 2.43 bits per heavy atom. The molecule has 0 heterocycles. The molecule has 0 amide bonds. The Hall–Kier alpha value is -0.653. The zero-order valence-corrected chi connectivity index (χ0v) is 25.2. The molecule has 3 saturated carbocycles. The van der Waals surface area contributed by atoms with Crippen molar-refractivity contribution in [1.29, 1.82) is 0 Å². The lowest BCUT2D eigenvalue weighted by molar-refractivity contribution is -0.137. The number of fused-ring (bicyclic) bond motifs is 1. The van der Waals surface area contributed by atoms with E-state index in [-0.39, 0.29) is 16.4 Å². The van der Waals surface area contributed by atoms with Gasteiger partial charge in [0.05, 0.1) is 12.2 Å². The van der Waals surface area contributed by atoms with Gasteiger partial charge in [-0.3, -0.25) is 0 Å². The summed E-state index contributed by atoms with van der Waals surface area (Å²) in [4.78, 5) is 12.0. The second-order valence-corrected chi connectivity index (χ2v) is 19.1. The van der Waals surface area contributed by atoms with Crippen LogP contribution in [0.1, 0.15) is 106 Å². The topological polar surface area (TPSA) is 55.8 Å². The fourth-order valence-corrected chi connectivity index (χ4v) is 8.86. The van der Waals surface area contributed by atoms with Crippen LogP contribution in [0, 0.1) is 28.6 Å². The van der Waals surface area contributed by atoms with Crippen molar-refractivity contribution < 1.29 is 19.1 Å². The van der Waals surface area contributed by atoms with E-state index < -0.39 is 13.9 Å². The molecule has 6 atom stereocenters. The van der Waals surface area contributed by atoms with Crippen LogP contribution in [0.3, 0.4) is 0 Å². The zero-order chi connectivity index (χ0) is 26.3. The van der Waals surface area contributed by atoms with Crippen LogP contribution < -0.4 is 0 Å². The molecule has 0 aromatic heterocycles. The number of rotatable bonds is 10. The van der Waals surface area contributed by atoms with E-state index in [1.165, 1.54) is 32.1 Å². The molecule has 3 fully saturated rings. The molecule has 3 rings (SSSR count). The average Bonchev–Trinajstić information content (AvgIpc) is 3.27. The number of aliphatic hydroxyl groups is 1. The first-order chi connectivity index (χ1) is 16.1. The predicted octanol–water partition coefficient (Wildman–Crippen LogP) is 7.66. The summed E-state index contributed by atoms with van der Waals surface area (Å²) < 4.78 is 12.3. The molecule has 0 aromatic rings. The van der Waals surface area contributed by atoms with Crippen LogP contribution in [0.15, 0.2) is 12.2 Å². The van der Waals surface area contributed by atoms with Crippen molar-refractivity contribution in [3.8, 4) is 0 Å². The Kier molecular flexibility index (Phi) is 8.47. The SMILES string of the molecule is CCOC(=O)C=CC1CC1(CCCC(C)(C)O)[C@H]1CC[C@H]2[C@@H](O[Si](C)(C)C(C)(C)C)CCC[C@]12C. The number of allylic oxidation sites excluding steroid dienone is 1. The van der Waals surface area contributed by atoms with E-state index in [2.05, 4.69) is 46.9 Å². The van der Waals surface area contributed by atoms with E-state index in [9.17, 15) is 9.90 Å². The van der Waals surface area contributed by atoms with Crippen LogP contribution in [0.5, 0.6) is 0 Å². The third-order valence-corrected chi connectivity index (χ3v) is 14.9. The molecule has 3 aliphatic rings. The number of carbonyl (C=O) groups excluding carboxylic acids is 1. The van der Waals surface area contributed by atoms with Gasteiger partial charge in [0.1, 0.15) is 0 Å². The highest BCUT2D eigenvalue weighted by molar-refractivity contribution is 6.74. The van der Waals surface area contributed by atoms with E-state index in [0.29, 0.717) is 35.9 Å². The van der Waals surface area contributed by atoms with Crippen LogP contribution in [0.25, 0.3) is 0 Å². The van der Waals surface area contributed by atoms with Gasteiger partial charge in [-0.15, -0.1) is 0 Å². The summed E-state index contributed by atoms with van der Waals surface area (Å²) >= 11 is 0. The second kappa shape index (κ2) is 10.2. The van der Waals surface area contributed by atoms with Gasteiger partial charge in [-0.2, -0.15) is 0 Å². The third kappa shape index (κ3) is 6.26. The van der Waals surface area contributed by atoms with Gasteiger partial charge in [0.2, 0.25) is 0 Å². The monoisotopic (exact) mass is 506 g/mol. The minimum atomic E-state index is -1.82. The highest BCUT2D eigenvalue weighted by atomic mass is 28.4. The summed E-state index contributed by atoms with van der Waals surface area (Å²) in [6.07, 6.45) is 14.7. The third-order valence-electron chi connectivity index (χ3n) is 10.4. The fraction of sp³-hybridized carbons (Fsp3) is 0.900. The van der Waals surface area contributed by atoms with Crippen molar-refractivity contribution in [3.63, 3.8) is 0 Å². The van der Waals surface area contributed by atoms with E-state index in [1.54, 1.807) is 6.08 Å². The Labute approximate surface area is 216 Å². The predicted molar refractivity (Wildman–Crippen MR) is 147 cm³/mol. The van der Waals surface area contributed by atoms with Gasteiger partial charge in [0.15, 0.2) is 8.32 Å². The number of hydrogen-bond acceptors (Lipinski definition) is 4. The standard InChI is InChI=1S/C30H54O4Si/c1-10-33-26(31)17-14-22-21-30(22,20-12-18-28(5,6)32)25-16-15-23-24(13-11-19-29(23,25)7)34-35(8,9)27(2,3)4/h14,17,22-25,32H,10-13,15-16,18-21H2,1-9H3/t22?,23-,24-,25-,29-,30?/m0/s1. The van der Waals surface area contributed by atoms with Crippen molar-refractivity contribution in [2.75, 3.05) is 6.61 Å². The molecule has 0 bridgehead atoms. The maximum atomic E-state index is 12.0. The number of carbonyl (C=O) groups is 1. The van der Waals surface area contributed by atoms with Gasteiger partial charge in [0, 0.05) is 12.2 Å². The van der Waals surface area contributed by atoms with E-state index in [1.807, 2.05) is 20.8 Å². The molecule has 5 heteroatoms. The highest BCUT2D eigenvalue weighted by Gasteiger charge is 2.66. The summed E-state index contributed by atoms with van der Waals surface area (Å²) in [6.45, 7) is 20.5. The summed E-state index contributed by atoms with van der Waals surface area (Å²) in [7, 11) is -1.82. The Morgan fingerprint density at radius 1 is 1.14 bits per heavy atom. The maximum absolute atomic E-state index is 12.0. The van der Waals surface area contributed by atoms with Gasteiger partial charge in [-0.25, -0.2) is 4.79 Å². The second-order valence-electron chi connectivity index (χ2n) is 14.4. The quantitative estimate of drug-likeness (QED) is 0.188. The summed E-state index contributed by atoms with van der Waals surface area (Å²) in [6, 6.07) is 0. The molecule has 202 valence electrons. The molecular formula is C30H54O4Si. The van der Waals surface area contributed by atoms with Crippen molar-refractivity contribution in [1.82, 2.24) is 0 Å². The van der Waals surface area contributed by atoms with E-state index >= 15 is 0 Å². The van der Waals surface area contributed by atoms with Gasteiger partial charge in [-0.1, -0.05) is 46.6 Å². The average molecular weight is 507 g/mol. The summed E-state index contributed by atoms with van der Waals surface area (Å²) in [5.41, 5.74) is -0.0788. The van der Waals surface area contributed by atoms with E-state index in [4.69, 9.17) is 9.16 Å². The van der Waals surface area contributed by atoms with Crippen LogP contribution in [0.2, 0.25) is 18.1 Å². The first-order valence-electron chi connectivity index (χ1n) is 14.3. The molecule has 2 unspecified atom stereocenters. The van der Waals surface area contributed by atoms with E-state index in [0.717, 1.165) is 25.7 Å². The molecule has 4 nitrogen and oxygen atoms in total. The minimum absolute atomic E-state index is 0.221.